The molecule has 210 valence electrons. The van der Waals surface area contributed by atoms with E-state index in [1.165, 1.54) is 17.0 Å². The first kappa shape index (κ1) is 26.5. The number of hydrogen-bond donors (Lipinski definition) is 7. The topological polar surface area (TPSA) is 210 Å². The molecule has 2 fully saturated rings. The van der Waals surface area contributed by atoms with Crippen LogP contribution in [0.5, 0.6) is 0 Å². The van der Waals surface area contributed by atoms with Gasteiger partial charge < -0.3 is 26.0 Å². The van der Waals surface area contributed by atoms with Crippen LogP contribution in [0, 0.1) is 0 Å². The van der Waals surface area contributed by atoms with Gasteiger partial charge in [0, 0.05) is 19.4 Å². The summed E-state index contributed by atoms with van der Waals surface area (Å²) in [4.78, 5) is 46.4. The monoisotopic (exact) mass is 555 g/mol. The molecular weight excluding hydrogens is 529 g/mol. The highest BCUT2D eigenvalue weighted by Gasteiger charge is 2.77. The number of nitrogens with zero attached hydrogens (tertiary/aromatic N) is 3. The Labute approximate surface area is 218 Å². The number of alkyl halides is 3. The molecule has 0 aromatic heterocycles. The Hall–Kier alpha value is -4.12. The lowest BCUT2D eigenvalue weighted by atomic mass is 9.85. The summed E-state index contributed by atoms with van der Waals surface area (Å²) in [5, 5.41) is 27.7. The minimum Gasteiger partial charge on any atom is -0.438 e. The molecule has 0 radical (unpaired) electrons. The number of benzene rings is 1. The number of nitrogens with two attached hydrogens (primary N) is 2. The average Bonchev–Trinajstić information content (AvgIpc) is 3.45. The number of aliphatic hydroxyl groups is 2. The first-order chi connectivity index (χ1) is 18.2. The molecule has 4 heterocycles. The molecule has 5 rings (SSSR count). The number of guanidine groups is 2. The number of likely N-dealkylation sites (tertiary alicyclic amines) is 1. The molecular formula is C22H26F3N8O6+. The van der Waals surface area contributed by atoms with Crippen molar-refractivity contribution >= 4 is 29.8 Å². The maximum atomic E-state index is 13.0. The number of imide groups is 1. The maximum Gasteiger partial charge on any atom is 0.416 e. The number of carbonyl (C=O) groups excluding carboxylic acids is 3. The zero-order chi connectivity index (χ0) is 28.3. The first-order valence-electron chi connectivity index (χ1n) is 11.9. The van der Waals surface area contributed by atoms with E-state index in [1.807, 2.05) is 0 Å². The van der Waals surface area contributed by atoms with Crippen molar-refractivity contribution in [2.75, 3.05) is 13.1 Å². The third-order valence-corrected chi connectivity index (χ3v) is 7.29. The summed E-state index contributed by atoms with van der Waals surface area (Å²) < 4.78 is 44.2. The van der Waals surface area contributed by atoms with Gasteiger partial charge >= 0.3 is 18.2 Å². The van der Waals surface area contributed by atoms with Crippen molar-refractivity contribution in [3.8, 4) is 0 Å². The van der Waals surface area contributed by atoms with Crippen LogP contribution in [0.4, 0.5) is 18.0 Å². The lowest BCUT2D eigenvalue weighted by molar-refractivity contribution is -0.522. The molecule has 14 nitrogen and oxygen atoms in total. The van der Waals surface area contributed by atoms with Crippen LogP contribution in [-0.2, 0) is 27.0 Å². The number of amides is 3. The fourth-order valence-corrected chi connectivity index (χ4v) is 5.47. The predicted molar refractivity (Wildman–Crippen MR) is 124 cm³/mol. The Morgan fingerprint density at radius 2 is 1.95 bits per heavy atom. The number of nitrogens with one attached hydrogen (secondary N) is 3. The number of carbonyl (C=O) groups is 3. The smallest absolute Gasteiger partial charge is 0.416 e. The lowest BCUT2D eigenvalue weighted by Crippen LogP contribution is -2.90. The van der Waals surface area contributed by atoms with Crippen LogP contribution >= 0.6 is 0 Å². The van der Waals surface area contributed by atoms with Gasteiger partial charge in [-0.05, 0) is 17.7 Å². The molecule has 2 saturated heterocycles. The number of alkyl carbamates (subject to hydrolysis) is 1. The van der Waals surface area contributed by atoms with E-state index in [0.29, 0.717) is 0 Å². The summed E-state index contributed by atoms with van der Waals surface area (Å²) in [6.45, 7) is -0.896. The highest BCUT2D eigenvalue weighted by Crippen LogP contribution is 2.42. The van der Waals surface area contributed by atoms with E-state index in [-0.39, 0.29) is 50.0 Å². The molecule has 3 amide bonds. The van der Waals surface area contributed by atoms with Gasteiger partial charge in [-0.25, -0.2) is 15.1 Å². The van der Waals surface area contributed by atoms with E-state index in [4.69, 9.17) is 16.2 Å². The van der Waals surface area contributed by atoms with Crippen LogP contribution in [0.2, 0.25) is 0 Å². The summed E-state index contributed by atoms with van der Waals surface area (Å²) in [5.41, 5.74) is 9.42. The molecule has 4 aliphatic heterocycles. The average molecular weight is 555 g/mol. The molecule has 39 heavy (non-hydrogen) atoms. The van der Waals surface area contributed by atoms with Crippen LogP contribution in [0.1, 0.15) is 24.0 Å². The van der Waals surface area contributed by atoms with Gasteiger partial charge in [0.1, 0.15) is 6.04 Å². The summed E-state index contributed by atoms with van der Waals surface area (Å²) in [6, 6.07) is 2.32. The molecule has 4 atom stereocenters. The van der Waals surface area contributed by atoms with Gasteiger partial charge in [0.25, 0.3) is 11.4 Å². The molecule has 17 heteroatoms. The van der Waals surface area contributed by atoms with Crippen molar-refractivity contribution in [3.63, 3.8) is 0 Å². The molecule has 1 aromatic carbocycles. The van der Waals surface area contributed by atoms with Crippen LogP contribution in [0.25, 0.3) is 0 Å². The standard InChI is InChI=1S/C22H25F3N8O6/c23-22(24,25)11-3-1-2-10(6-11)7-28-19(36)39-13-9-33-18(27)29-12(8-32-14(34)4-5-15(32)35)16-20(33,21(13,37)38)31-17(26)30-16/h1-3,6,12-13,16,37-38H,4-5,7-9H2,(H2,27,29)(H,28,36)(H3,26,30,31)/p+1/t12?,13-,16-,20?/m0/s1. The van der Waals surface area contributed by atoms with Crippen LogP contribution < -0.4 is 27.1 Å². The number of halogens is 3. The molecule has 1 aromatic rings. The minimum absolute atomic E-state index is 0.0437. The van der Waals surface area contributed by atoms with Gasteiger partial charge in [-0.1, -0.05) is 12.1 Å². The van der Waals surface area contributed by atoms with Gasteiger partial charge in [0.15, 0.2) is 18.1 Å². The van der Waals surface area contributed by atoms with Gasteiger partial charge in [-0.3, -0.25) is 30.1 Å². The largest absolute Gasteiger partial charge is 0.438 e. The van der Waals surface area contributed by atoms with Crippen LogP contribution in [-0.4, -0.2) is 92.6 Å². The second-order valence-corrected chi connectivity index (χ2v) is 9.66. The first-order valence-corrected chi connectivity index (χ1v) is 11.9. The van der Waals surface area contributed by atoms with Crippen molar-refractivity contribution in [1.82, 2.24) is 20.4 Å². The summed E-state index contributed by atoms with van der Waals surface area (Å²) in [5.74, 6) is -3.93. The third kappa shape index (κ3) is 4.26. The zero-order valence-electron chi connectivity index (χ0n) is 20.2. The fourth-order valence-electron chi connectivity index (χ4n) is 5.47. The van der Waals surface area contributed by atoms with Gasteiger partial charge in [0.05, 0.1) is 18.7 Å². The fraction of sp³-hybridized carbons (Fsp3) is 0.500. The van der Waals surface area contributed by atoms with Crippen molar-refractivity contribution < 1.29 is 47.5 Å². The van der Waals surface area contributed by atoms with Gasteiger partial charge in [-0.2, -0.15) is 13.2 Å². The van der Waals surface area contributed by atoms with Gasteiger partial charge in [0.2, 0.25) is 11.8 Å². The number of aliphatic imine (C=N–C) groups is 1. The van der Waals surface area contributed by atoms with Crippen molar-refractivity contribution in [1.29, 1.82) is 0 Å². The molecule has 4 aliphatic rings. The third-order valence-electron chi connectivity index (χ3n) is 7.29. The van der Waals surface area contributed by atoms with Gasteiger partial charge in [-0.15, -0.1) is 0 Å². The molecule has 0 aliphatic carbocycles. The molecule has 9 N–H and O–H groups in total. The van der Waals surface area contributed by atoms with E-state index >= 15 is 0 Å². The number of rotatable bonds is 5. The van der Waals surface area contributed by atoms with E-state index in [0.717, 1.165) is 17.0 Å². The quantitative estimate of drug-likeness (QED) is 0.139. The van der Waals surface area contributed by atoms with E-state index in [9.17, 15) is 37.8 Å². The van der Waals surface area contributed by atoms with Crippen LogP contribution in [0.15, 0.2) is 29.3 Å². The van der Waals surface area contributed by atoms with E-state index in [2.05, 4.69) is 20.6 Å². The Morgan fingerprint density at radius 3 is 2.62 bits per heavy atom. The summed E-state index contributed by atoms with van der Waals surface area (Å²) >= 11 is 0. The SMILES string of the molecule is NC1=NC(CN2C(=O)CCC2=O)[C@@H]2[NH+]=C(N)NC23N1C[C@H](OC(=O)NCc1cccc(C(F)(F)F)c1)C3(O)O. The Balaban J connectivity index is 1.33. The second kappa shape index (κ2) is 8.98. The van der Waals surface area contributed by atoms with Crippen molar-refractivity contribution in [3.05, 3.63) is 35.4 Å². The lowest BCUT2D eigenvalue weighted by Gasteiger charge is -2.46. The summed E-state index contributed by atoms with van der Waals surface area (Å²) in [6.07, 6.45) is -7.25. The maximum absolute atomic E-state index is 13.0. The highest BCUT2D eigenvalue weighted by atomic mass is 19.4. The summed E-state index contributed by atoms with van der Waals surface area (Å²) in [7, 11) is 0. The van der Waals surface area contributed by atoms with E-state index in [1.54, 1.807) is 0 Å². The zero-order valence-corrected chi connectivity index (χ0v) is 20.2. The predicted octanol–water partition coefficient (Wildman–Crippen LogP) is -3.79. The molecule has 0 saturated carbocycles. The minimum atomic E-state index is -4.57. The Kier molecular flexibility index (Phi) is 6.10. The van der Waals surface area contributed by atoms with Crippen molar-refractivity contribution in [2.24, 2.45) is 16.5 Å². The van der Waals surface area contributed by atoms with E-state index < -0.39 is 59.3 Å². The number of ether oxygens (including phenoxy) is 1. The van der Waals surface area contributed by atoms with Crippen LogP contribution in [0.3, 0.4) is 0 Å². The normalized spacial score (nSPS) is 29.4. The second-order valence-electron chi connectivity index (χ2n) is 9.66. The Morgan fingerprint density at radius 1 is 1.26 bits per heavy atom. The van der Waals surface area contributed by atoms with Crippen molar-refractivity contribution in [2.45, 2.75) is 55.2 Å². The Bertz CT molecular complexity index is 1270. The number of hydrogen-bond acceptors (Lipinski definition) is 11. The highest BCUT2D eigenvalue weighted by molar-refractivity contribution is 6.02. The molecule has 1 spiro atoms. The molecule has 2 unspecified atom stereocenters. The molecule has 0 bridgehead atoms.